The predicted molar refractivity (Wildman–Crippen MR) is 63.9 cm³/mol. The van der Waals surface area contributed by atoms with Crippen LogP contribution in [0.4, 0.5) is 0 Å². The molecule has 2 rings (SSSR count). The van der Waals surface area contributed by atoms with E-state index in [4.69, 9.17) is 9.47 Å². The van der Waals surface area contributed by atoms with Crippen molar-refractivity contribution in [2.24, 2.45) is 5.92 Å². The number of aliphatic hydroxyl groups excluding tert-OH is 1. The van der Waals surface area contributed by atoms with Gasteiger partial charge in [-0.25, -0.2) is 0 Å². The first-order valence-electron chi connectivity index (χ1n) is 6.15. The number of aliphatic hydroxyl groups is 1. The van der Waals surface area contributed by atoms with Gasteiger partial charge in [0.2, 0.25) is 0 Å². The Bertz CT molecular complexity index is 350. The third-order valence-electron chi connectivity index (χ3n) is 2.96. The average molecular weight is 237 g/mol. The Morgan fingerprint density at radius 2 is 2.47 bits per heavy atom. The normalized spacial score (nSPS) is 21.4. The van der Waals surface area contributed by atoms with Crippen LogP contribution in [0.1, 0.15) is 31.4 Å². The van der Waals surface area contributed by atoms with E-state index in [1.807, 2.05) is 6.07 Å². The van der Waals surface area contributed by atoms with Crippen LogP contribution in [-0.4, -0.2) is 29.9 Å². The van der Waals surface area contributed by atoms with Gasteiger partial charge in [-0.15, -0.1) is 0 Å². The van der Waals surface area contributed by atoms with Crippen LogP contribution in [0.2, 0.25) is 0 Å². The van der Waals surface area contributed by atoms with Crippen molar-refractivity contribution < 1.29 is 14.6 Å². The second kappa shape index (κ2) is 5.98. The summed E-state index contributed by atoms with van der Waals surface area (Å²) in [5, 5.41) is 10.2. The first kappa shape index (κ1) is 12.3. The van der Waals surface area contributed by atoms with E-state index in [1.165, 1.54) is 0 Å². The molecule has 94 valence electrons. The number of rotatable bonds is 5. The molecule has 0 bridgehead atoms. The lowest BCUT2D eigenvalue weighted by atomic mass is 9.96. The summed E-state index contributed by atoms with van der Waals surface area (Å²) >= 11 is 0. The summed E-state index contributed by atoms with van der Waals surface area (Å²) < 4.78 is 10.8. The minimum atomic E-state index is -0.504. The van der Waals surface area contributed by atoms with E-state index in [0.29, 0.717) is 13.2 Å². The summed E-state index contributed by atoms with van der Waals surface area (Å²) in [6.45, 7) is 4.10. The fourth-order valence-electron chi connectivity index (χ4n) is 1.97. The van der Waals surface area contributed by atoms with Gasteiger partial charge >= 0.3 is 0 Å². The van der Waals surface area contributed by atoms with Gasteiger partial charge in [0.1, 0.15) is 5.75 Å². The van der Waals surface area contributed by atoms with Gasteiger partial charge < -0.3 is 14.6 Å². The summed E-state index contributed by atoms with van der Waals surface area (Å²) in [5.74, 6) is 0.903. The van der Waals surface area contributed by atoms with Crippen molar-refractivity contribution in [3.8, 4) is 5.75 Å². The molecule has 0 aliphatic carbocycles. The van der Waals surface area contributed by atoms with Crippen LogP contribution >= 0.6 is 0 Å². The molecule has 2 heterocycles. The molecule has 2 unspecified atom stereocenters. The lowest BCUT2D eigenvalue weighted by Crippen LogP contribution is -2.12. The first-order chi connectivity index (χ1) is 8.31. The number of hydrogen-bond donors (Lipinski definition) is 1. The zero-order chi connectivity index (χ0) is 12.1. The standard InChI is InChI=1S/C13H19NO3/c1-2-4-17-12-6-11(7-14-8-12)13(15)10-3-5-16-9-10/h6-8,10,13,15H,2-5,9H2,1H3. The molecule has 1 aliphatic heterocycles. The van der Waals surface area contributed by atoms with Gasteiger partial charge in [0.25, 0.3) is 0 Å². The number of hydrogen-bond acceptors (Lipinski definition) is 4. The summed E-state index contributed by atoms with van der Waals surface area (Å²) in [6, 6.07) is 1.87. The van der Waals surface area contributed by atoms with Crippen molar-refractivity contribution in [2.75, 3.05) is 19.8 Å². The van der Waals surface area contributed by atoms with Crippen molar-refractivity contribution >= 4 is 0 Å². The van der Waals surface area contributed by atoms with E-state index in [9.17, 15) is 5.11 Å². The molecule has 1 N–H and O–H groups in total. The molecule has 1 fully saturated rings. The zero-order valence-corrected chi connectivity index (χ0v) is 10.1. The number of ether oxygens (including phenoxy) is 2. The average Bonchev–Trinajstić information content (AvgIpc) is 2.89. The van der Waals surface area contributed by atoms with E-state index in [2.05, 4.69) is 11.9 Å². The fraction of sp³-hybridized carbons (Fsp3) is 0.615. The second-order valence-electron chi connectivity index (χ2n) is 4.37. The molecule has 17 heavy (non-hydrogen) atoms. The molecule has 0 aromatic carbocycles. The highest BCUT2D eigenvalue weighted by atomic mass is 16.5. The van der Waals surface area contributed by atoms with Crippen molar-refractivity contribution in [3.05, 3.63) is 24.0 Å². The molecular weight excluding hydrogens is 218 g/mol. The first-order valence-corrected chi connectivity index (χ1v) is 6.15. The number of pyridine rings is 1. The van der Waals surface area contributed by atoms with Crippen molar-refractivity contribution in [1.82, 2.24) is 4.98 Å². The summed E-state index contributed by atoms with van der Waals surface area (Å²) in [7, 11) is 0. The Labute approximate surface area is 102 Å². The monoisotopic (exact) mass is 237 g/mol. The molecule has 0 amide bonds. The Kier molecular flexibility index (Phi) is 4.34. The maximum Gasteiger partial charge on any atom is 0.137 e. The van der Waals surface area contributed by atoms with Gasteiger partial charge in [-0.1, -0.05) is 6.92 Å². The molecule has 0 spiro atoms. The Balaban J connectivity index is 2.03. The van der Waals surface area contributed by atoms with Crippen LogP contribution in [0, 0.1) is 5.92 Å². The van der Waals surface area contributed by atoms with Gasteiger partial charge in [0.15, 0.2) is 0 Å². The van der Waals surface area contributed by atoms with Crippen LogP contribution in [0.25, 0.3) is 0 Å². The third kappa shape index (κ3) is 3.17. The Morgan fingerprint density at radius 3 is 3.18 bits per heavy atom. The largest absolute Gasteiger partial charge is 0.492 e. The molecule has 1 aromatic heterocycles. The van der Waals surface area contributed by atoms with Crippen molar-refractivity contribution in [3.63, 3.8) is 0 Å². The zero-order valence-electron chi connectivity index (χ0n) is 10.1. The Hall–Kier alpha value is -1.13. The van der Waals surface area contributed by atoms with E-state index in [1.54, 1.807) is 12.4 Å². The molecule has 1 aromatic rings. The van der Waals surface area contributed by atoms with E-state index < -0.39 is 6.10 Å². The van der Waals surface area contributed by atoms with Crippen LogP contribution in [0.5, 0.6) is 5.75 Å². The molecule has 2 atom stereocenters. The van der Waals surface area contributed by atoms with E-state index >= 15 is 0 Å². The lowest BCUT2D eigenvalue weighted by Gasteiger charge is -2.17. The van der Waals surface area contributed by atoms with Crippen LogP contribution in [0.3, 0.4) is 0 Å². The maximum atomic E-state index is 10.2. The Morgan fingerprint density at radius 1 is 1.59 bits per heavy atom. The quantitative estimate of drug-likeness (QED) is 0.850. The van der Waals surface area contributed by atoms with Gasteiger partial charge in [-0.3, -0.25) is 4.98 Å². The van der Waals surface area contributed by atoms with Crippen LogP contribution in [-0.2, 0) is 4.74 Å². The molecular formula is C13H19NO3. The van der Waals surface area contributed by atoms with Gasteiger partial charge in [0.05, 0.1) is 25.5 Å². The van der Waals surface area contributed by atoms with Crippen molar-refractivity contribution in [2.45, 2.75) is 25.9 Å². The van der Waals surface area contributed by atoms with Gasteiger partial charge in [-0.2, -0.15) is 0 Å². The highest BCUT2D eigenvalue weighted by Crippen LogP contribution is 2.29. The summed E-state index contributed by atoms with van der Waals surface area (Å²) in [4.78, 5) is 4.10. The molecule has 1 aliphatic rings. The van der Waals surface area contributed by atoms with Crippen LogP contribution < -0.4 is 4.74 Å². The second-order valence-corrected chi connectivity index (χ2v) is 4.37. The van der Waals surface area contributed by atoms with E-state index in [-0.39, 0.29) is 5.92 Å². The molecule has 4 nitrogen and oxygen atoms in total. The smallest absolute Gasteiger partial charge is 0.137 e. The van der Waals surface area contributed by atoms with Crippen LogP contribution in [0.15, 0.2) is 18.5 Å². The summed E-state index contributed by atoms with van der Waals surface area (Å²) in [5.41, 5.74) is 0.814. The maximum absolute atomic E-state index is 10.2. The third-order valence-corrected chi connectivity index (χ3v) is 2.96. The van der Waals surface area contributed by atoms with E-state index in [0.717, 1.165) is 30.8 Å². The topological polar surface area (TPSA) is 51.6 Å². The van der Waals surface area contributed by atoms with Gasteiger partial charge in [0, 0.05) is 24.3 Å². The minimum absolute atomic E-state index is 0.179. The lowest BCUT2D eigenvalue weighted by molar-refractivity contribution is 0.0912. The van der Waals surface area contributed by atoms with Crippen molar-refractivity contribution in [1.29, 1.82) is 0 Å². The molecule has 0 saturated carbocycles. The SMILES string of the molecule is CCCOc1cncc(C(O)C2CCOC2)c1. The molecule has 4 heteroatoms. The number of aromatic nitrogens is 1. The fourth-order valence-corrected chi connectivity index (χ4v) is 1.97. The minimum Gasteiger partial charge on any atom is -0.492 e. The summed E-state index contributed by atoms with van der Waals surface area (Å²) in [6.07, 6.45) is 4.73. The molecule has 1 saturated heterocycles. The molecule has 0 radical (unpaired) electrons. The highest BCUT2D eigenvalue weighted by Gasteiger charge is 2.25. The van der Waals surface area contributed by atoms with Gasteiger partial charge in [-0.05, 0) is 18.9 Å². The highest BCUT2D eigenvalue weighted by molar-refractivity contribution is 5.25. The number of nitrogens with zero attached hydrogens (tertiary/aromatic N) is 1. The predicted octanol–water partition coefficient (Wildman–Crippen LogP) is 1.94.